The quantitative estimate of drug-likeness (QED) is 0.566. The van der Waals surface area contributed by atoms with Crippen LogP contribution in [-0.4, -0.2) is 11.5 Å². The zero-order valence-electron chi connectivity index (χ0n) is 11.8. The molecule has 0 spiro atoms. The molecule has 2 aromatic carbocycles. The Morgan fingerprint density at radius 3 is 2.62 bits per heavy atom. The highest BCUT2D eigenvalue weighted by atomic mass is 127. The fraction of sp³-hybridized carbons (Fsp3) is 0.176. The highest BCUT2D eigenvalue weighted by Crippen LogP contribution is 2.24. The van der Waals surface area contributed by atoms with E-state index in [4.69, 9.17) is 4.74 Å². The molecule has 21 heavy (non-hydrogen) atoms. The van der Waals surface area contributed by atoms with Gasteiger partial charge in [-0.2, -0.15) is 0 Å². The van der Waals surface area contributed by atoms with Crippen molar-refractivity contribution in [2.45, 2.75) is 13.0 Å². The van der Waals surface area contributed by atoms with Gasteiger partial charge in [-0.3, -0.25) is 0 Å². The van der Waals surface area contributed by atoms with Crippen LogP contribution in [0, 0.1) is 0 Å². The lowest BCUT2D eigenvalue weighted by molar-refractivity contribution is -0.366. The number of halogens is 1. The van der Waals surface area contributed by atoms with E-state index in [-0.39, 0.29) is 24.0 Å². The van der Waals surface area contributed by atoms with E-state index in [0.29, 0.717) is 6.61 Å². The number of fused-ring (bicyclic) bond motifs is 1. The number of hydrogen-bond donors (Lipinski definition) is 2. The smallest absolute Gasteiger partial charge is 0.120 e. The molecule has 0 aliphatic carbocycles. The average molecular weight is 394 g/mol. The summed E-state index contributed by atoms with van der Waals surface area (Å²) in [4.78, 5) is 3.29. The van der Waals surface area contributed by atoms with Crippen LogP contribution < -0.4 is 34.4 Å². The van der Waals surface area contributed by atoms with Crippen LogP contribution in [-0.2, 0) is 13.0 Å². The molecule has 4 N–H and O–H groups in total. The van der Waals surface area contributed by atoms with Crippen molar-refractivity contribution in [3.8, 4) is 5.75 Å². The number of H-pyrrole nitrogens is 1. The van der Waals surface area contributed by atoms with Crippen LogP contribution in [0.1, 0.15) is 11.1 Å². The topological polar surface area (TPSA) is 52.7 Å². The molecular weight excluding hydrogens is 375 g/mol. The van der Waals surface area contributed by atoms with Crippen LogP contribution in [0.2, 0.25) is 0 Å². The summed E-state index contributed by atoms with van der Waals surface area (Å²) in [5.41, 5.74) is 7.56. The van der Waals surface area contributed by atoms with Crippen LogP contribution in [0.3, 0.4) is 0 Å². The Morgan fingerprint density at radius 2 is 1.86 bits per heavy atom. The van der Waals surface area contributed by atoms with Gasteiger partial charge in [0.15, 0.2) is 0 Å². The van der Waals surface area contributed by atoms with Crippen LogP contribution in [0.4, 0.5) is 0 Å². The van der Waals surface area contributed by atoms with E-state index in [1.807, 2.05) is 24.3 Å². The van der Waals surface area contributed by atoms with Crippen LogP contribution >= 0.6 is 0 Å². The van der Waals surface area contributed by atoms with E-state index in [9.17, 15) is 0 Å². The first-order chi connectivity index (χ1) is 9.86. The van der Waals surface area contributed by atoms with Crippen molar-refractivity contribution < 1.29 is 34.4 Å². The van der Waals surface area contributed by atoms with Gasteiger partial charge < -0.3 is 39.4 Å². The highest BCUT2D eigenvalue weighted by molar-refractivity contribution is 5.84. The van der Waals surface area contributed by atoms with Gasteiger partial charge in [-0.25, -0.2) is 0 Å². The van der Waals surface area contributed by atoms with Crippen LogP contribution in [0.25, 0.3) is 10.9 Å². The maximum absolute atomic E-state index is 5.87. The number of nitrogens with one attached hydrogen (secondary N) is 1. The largest absolute Gasteiger partial charge is 1.00 e. The minimum Gasteiger partial charge on any atom is -1.00 e. The lowest BCUT2D eigenvalue weighted by Gasteiger charge is -2.06. The van der Waals surface area contributed by atoms with E-state index in [1.165, 1.54) is 16.5 Å². The zero-order chi connectivity index (χ0) is 13.8. The van der Waals surface area contributed by atoms with Crippen molar-refractivity contribution in [3.05, 3.63) is 65.9 Å². The van der Waals surface area contributed by atoms with Gasteiger partial charge in [0.25, 0.3) is 0 Å². The maximum atomic E-state index is 5.87. The lowest BCUT2D eigenvalue weighted by Crippen LogP contribution is -3.00. The Kier molecular flexibility index (Phi) is 5.64. The number of ether oxygens (including phenoxy) is 1. The van der Waals surface area contributed by atoms with Crippen LogP contribution in [0.15, 0.2) is 54.7 Å². The zero-order valence-corrected chi connectivity index (χ0v) is 14.0. The molecule has 0 aliphatic rings. The van der Waals surface area contributed by atoms with Gasteiger partial charge in [0, 0.05) is 23.5 Å². The minimum atomic E-state index is 0. The Labute approximate surface area is 141 Å². The number of hydrogen-bond acceptors (Lipinski definition) is 1. The molecule has 0 unspecified atom stereocenters. The van der Waals surface area contributed by atoms with Crippen molar-refractivity contribution in [1.82, 2.24) is 4.98 Å². The molecule has 3 aromatic rings. The highest BCUT2D eigenvalue weighted by Gasteiger charge is 2.05. The molecule has 0 fully saturated rings. The molecular formula is C17H19IN2O. The summed E-state index contributed by atoms with van der Waals surface area (Å²) in [5, 5.41) is 1.24. The second-order valence-corrected chi connectivity index (χ2v) is 4.90. The molecule has 0 saturated heterocycles. The normalized spacial score (nSPS) is 10.3. The summed E-state index contributed by atoms with van der Waals surface area (Å²) in [6, 6.07) is 16.4. The summed E-state index contributed by atoms with van der Waals surface area (Å²) < 4.78 is 5.87. The summed E-state index contributed by atoms with van der Waals surface area (Å²) >= 11 is 0. The Hall–Kier alpha value is -1.53. The van der Waals surface area contributed by atoms with Gasteiger partial charge in [-0.15, -0.1) is 0 Å². The summed E-state index contributed by atoms with van der Waals surface area (Å²) in [6.45, 7) is 1.50. The standard InChI is InChI=1S/C17H18N2O.HI/c18-9-8-14-11-19-17-7-6-15(10-16(14)17)20-12-13-4-2-1-3-5-13;/h1-7,10-11,19H,8-9,12,18H2;1H. The molecule has 1 aromatic heterocycles. The molecule has 0 bridgehead atoms. The Bertz CT molecular complexity index is 694. The first-order valence-corrected chi connectivity index (χ1v) is 6.93. The monoisotopic (exact) mass is 394 g/mol. The van der Waals surface area contributed by atoms with E-state index < -0.39 is 0 Å². The molecule has 0 aliphatic heterocycles. The SMILES string of the molecule is [I-].[NH3+]CCc1c[nH]c2ccc(OCc3ccccc3)cc12. The van der Waals surface area contributed by atoms with Gasteiger partial charge >= 0.3 is 0 Å². The number of aromatic amines is 1. The van der Waals surface area contributed by atoms with Gasteiger partial charge in [0.2, 0.25) is 0 Å². The second-order valence-electron chi connectivity index (χ2n) is 4.90. The molecule has 0 atom stereocenters. The molecule has 0 saturated carbocycles. The predicted molar refractivity (Wildman–Crippen MR) is 80.5 cm³/mol. The predicted octanol–water partition coefficient (Wildman–Crippen LogP) is -0.465. The summed E-state index contributed by atoms with van der Waals surface area (Å²) in [5.74, 6) is 0.909. The van der Waals surface area contributed by atoms with Gasteiger partial charge in [-0.05, 0) is 29.3 Å². The summed E-state index contributed by atoms with van der Waals surface area (Å²) in [7, 11) is 0. The fourth-order valence-electron chi connectivity index (χ4n) is 2.39. The number of benzene rings is 2. The first kappa shape index (κ1) is 15.9. The average Bonchev–Trinajstić information content (AvgIpc) is 2.89. The third-order valence-electron chi connectivity index (χ3n) is 3.43. The van der Waals surface area contributed by atoms with Gasteiger partial charge in [-0.1, -0.05) is 30.3 Å². The number of quaternary nitrogens is 1. The minimum absolute atomic E-state index is 0. The van der Waals surface area contributed by atoms with E-state index in [0.717, 1.165) is 24.2 Å². The molecule has 3 rings (SSSR count). The lowest BCUT2D eigenvalue weighted by atomic mass is 10.1. The van der Waals surface area contributed by atoms with Crippen LogP contribution in [0.5, 0.6) is 5.75 Å². The molecule has 1 heterocycles. The second kappa shape index (κ2) is 7.47. The van der Waals surface area contributed by atoms with Gasteiger partial charge in [0.1, 0.15) is 12.4 Å². The van der Waals surface area contributed by atoms with E-state index in [2.05, 4.69) is 41.2 Å². The van der Waals surface area contributed by atoms with Crippen molar-refractivity contribution in [3.63, 3.8) is 0 Å². The summed E-state index contributed by atoms with van der Waals surface area (Å²) in [6.07, 6.45) is 3.05. The van der Waals surface area contributed by atoms with E-state index in [1.54, 1.807) is 0 Å². The van der Waals surface area contributed by atoms with Crippen molar-refractivity contribution >= 4 is 10.9 Å². The third-order valence-corrected chi connectivity index (χ3v) is 3.43. The first-order valence-electron chi connectivity index (χ1n) is 6.93. The molecule has 4 heteroatoms. The Balaban J connectivity index is 0.00000161. The maximum Gasteiger partial charge on any atom is 0.120 e. The fourth-order valence-corrected chi connectivity index (χ4v) is 2.39. The third kappa shape index (κ3) is 3.77. The van der Waals surface area contributed by atoms with Crippen molar-refractivity contribution in [1.29, 1.82) is 0 Å². The molecule has 0 amide bonds. The molecule has 110 valence electrons. The van der Waals surface area contributed by atoms with Crippen molar-refractivity contribution in [2.24, 2.45) is 0 Å². The van der Waals surface area contributed by atoms with E-state index >= 15 is 0 Å². The number of rotatable bonds is 5. The Morgan fingerprint density at radius 1 is 1.05 bits per heavy atom. The van der Waals surface area contributed by atoms with Crippen molar-refractivity contribution in [2.75, 3.05) is 6.54 Å². The molecule has 0 radical (unpaired) electrons. The van der Waals surface area contributed by atoms with Gasteiger partial charge in [0.05, 0.1) is 6.54 Å². The molecule has 3 nitrogen and oxygen atoms in total. The number of aromatic nitrogens is 1.